The smallest absolute Gasteiger partial charge is 0.0436 e. The third-order valence-electron chi connectivity index (χ3n) is 3.17. The lowest BCUT2D eigenvalue weighted by molar-refractivity contribution is 0.502. The van der Waals surface area contributed by atoms with Crippen molar-refractivity contribution >= 4 is 5.70 Å². The molecule has 0 saturated carbocycles. The molecule has 1 aromatic rings. The fourth-order valence-corrected chi connectivity index (χ4v) is 2.03. The second-order valence-corrected chi connectivity index (χ2v) is 4.38. The molecule has 1 aliphatic carbocycles. The summed E-state index contributed by atoms with van der Waals surface area (Å²) in [6, 6.07) is 10.0. The largest absolute Gasteiger partial charge is 0.398 e. The van der Waals surface area contributed by atoms with Gasteiger partial charge in [0.05, 0.1) is 0 Å². The Morgan fingerprint density at radius 2 is 1.94 bits per heavy atom. The highest BCUT2D eigenvalue weighted by molar-refractivity contribution is 5.69. The summed E-state index contributed by atoms with van der Waals surface area (Å²) in [5.74, 6) is 0.460. The highest BCUT2D eigenvalue weighted by Gasteiger charge is 2.20. The first kappa shape index (κ1) is 11.0. The molecule has 0 saturated heterocycles. The minimum Gasteiger partial charge on any atom is -0.398 e. The maximum Gasteiger partial charge on any atom is 0.0436 e. The zero-order valence-electron chi connectivity index (χ0n) is 9.56. The summed E-state index contributed by atoms with van der Waals surface area (Å²) >= 11 is 0. The molecule has 0 radical (unpaired) electrons. The molecule has 2 nitrogen and oxygen atoms in total. The summed E-state index contributed by atoms with van der Waals surface area (Å²) < 4.78 is 0. The van der Waals surface area contributed by atoms with E-state index < -0.39 is 0 Å². The molecule has 1 aromatic carbocycles. The van der Waals surface area contributed by atoms with Gasteiger partial charge < -0.3 is 11.5 Å². The average Bonchev–Trinajstić information content (AvgIpc) is 2.33. The first-order valence-corrected chi connectivity index (χ1v) is 5.67. The summed E-state index contributed by atoms with van der Waals surface area (Å²) in [7, 11) is 0. The van der Waals surface area contributed by atoms with Crippen LogP contribution in [0.15, 0.2) is 48.1 Å². The lowest BCUT2D eigenvalue weighted by Gasteiger charge is -2.25. The molecule has 1 unspecified atom stereocenters. The van der Waals surface area contributed by atoms with E-state index in [0.29, 0.717) is 5.92 Å². The fourth-order valence-electron chi connectivity index (χ4n) is 2.03. The molecule has 0 amide bonds. The van der Waals surface area contributed by atoms with Crippen molar-refractivity contribution in [3.63, 3.8) is 0 Å². The summed E-state index contributed by atoms with van der Waals surface area (Å²) in [5.41, 5.74) is 15.3. The highest BCUT2D eigenvalue weighted by atomic mass is 14.7. The predicted octanol–water partition coefficient (Wildman–Crippen LogP) is 2.28. The first-order chi connectivity index (χ1) is 7.70. The van der Waals surface area contributed by atoms with Crippen molar-refractivity contribution in [2.45, 2.75) is 19.4 Å². The van der Waals surface area contributed by atoms with Gasteiger partial charge >= 0.3 is 0 Å². The number of hydrogen-bond acceptors (Lipinski definition) is 2. The zero-order chi connectivity index (χ0) is 11.5. The second kappa shape index (κ2) is 4.54. The average molecular weight is 214 g/mol. The maximum absolute atomic E-state index is 6.17. The van der Waals surface area contributed by atoms with Crippen LogP contribution in [0, 0.1) is 5.92 Å². The minimum atomic E-state index is 0.0465. The summed E-state index contributed by atoms with van der Waals surface area (Å²) in [6.07, 6.45) is 5.25. The minimum absolute atomic E-state index is 0.0465. The Kier molecular flexibility index (Phi) is 3.11. The zero-order valence-corrected chi connectivity index (χ0v) is 9.56. The van der Waals surface area contributed by atoms with Gasteiger partial charge in [0, 0.05) is 11.7 Å². The molecule has 0 heterocycles. The van der Waals surface area contributed by atoms with Crippen LogP contribution in [0.5, 0.6) is 0 Å². The van der Waals surface area contributed by atoms with Crippen molar-refractivity contribution in [1.29, 1.82) is 0 Å². The van der Waals surface area contributed by atoms with Gasteiger partial charge in [-0.1, -0.05) is 49.4 Å². The van der Waals surface area contributed by atoms with Gasteiger partial charge in [-0.15, -0.1) is 0 Å². The monoisotopic (exact) mass is 214 g/mol. The molecule has 2 atom stereocenters. The van der Waals surface area contributed by atoms with E-state index in [9.17, 15) is 0 Å². The van der Waals surface area contributed by atoms with E-state index in [0.717, 1.165) is 23.3 Å². The third kappa shape index (κ3) is 2.02. The molecule has 2 rings (SSSR count). The van der Waals surface area contributed by atoms with Gasteiger partial charge in [0.25, 0.3) is 0 Å². The highest BCUT2D eigenvalue weighted by Crippen LogP contribution is 2.26. The third-order valence-corrected chi connectivity index (χ3v) is 3.17. The van der Waals surface area contributed by atoms with Gasteiger partial charge in [-0.2, -0.15) is 0 Å². The molecule has 4 N–H and O–H groups in total. The Bertz CT molecular complexity index is 418. The number of allylic oxidation sites excluding steroid dienone is 1. The Morgan fingerprint density at radius 3 is 2.62 bits per heavy atom. The number of rotatable bonds is 1. The van der Waals surface area contributed by atoms with E-state index in [1.807, 2.05) is 30.3 Å². The van der Waals surface area contributed by atoms with Crippen molar-refractivity contribution in [2.24, 2.45) is 17.4 Å². The quantitative estimate of drug-likeness (QED) is 0.753. The SMILES string of the molecule is C[C@H]1CC=C/C(=C(/N)c2ccccc2)C1N. The molecule has 1 aliphatic rings. The van der Waals surface area contributed by atoms with Gasteiger partial charge in [0.1, 0.15) is 0 Å². The van der Waals surface area contributed by atoms with Crippen LogP contribution in [0.1, 0.15) is 18.9 Å². The molecule has 16 heavy (non-hydrogen) atoms. The van der Waals surface area contributed by atoms with Gasteiger partial charge in [-0.25, -0.2) is 0 Å². The Hall–Kier alpha value is -1.54. The van der Waals surface area contributed by atoms with E-state index >= 15 is 0 Å². The van der Waals surface area contributed by atoms with E-state index in [1.165, 1.54) is 0 Å². The molecule has 2 heteroatoms. The van der Waals surface area contributed by atoms with Crippen molar-refractivity contribution in [3.05, 3.63) is 53.6 Å². The van der Waals surface area contributed by atoms with Gasteiger partial charge in [0.15, 0.2) is 0 Å². The number of nitrogens with two attached hydrogens (primary N) is 2. The molecular weight excluding hydrogens is 196 g/mol. The summed E-state index contributed by atoms with van der Waals surface area (Å²) in [4.78, 5) is 0. The van der Waals surface area contributed by atoms with E-state index in [1.54, 1.807) is 0 Å². The maximum atomic E-state index is 6.17. The van der Waals surface area contributed by atoms with E-state index in [4.69, 9.17) is 11.5 Å². The Morgan fingerprint density at radius 1 is 1.25 bits per heavy atom. The molecule has 0 aromatic heterocycles. The van der Waals surface area contributed by atoms with Crippen LogP contribution in [-0.2, 0) is 0 Å². The topological polar surface area (TPSA) is 52.0 Å². The Labute approximate surface area is 96.6 Å². The lowest BCUT2D eigenvalue weighted by atomic mass is 9.85. The van der Waals surface area contributed by atoms with Crippen LogP contribution in [0.2, 0.25) is 0 Å². The molecule has 0 bridgehead atoms. The molecule has 0 aliphatic heterocycles. The van der Waals surface area contributed by atoms with Gasteiger partial charge in [-0.3, -0.25) is 0 Å². The first-order valence-electron chi connectivity index (χ1n) is 5.67. The predicted molar refractivity (Wildman–Crippen MR) is 68.4 cm³/mol. The second-order valence-electron chi connectivity index (χ2n) is 4.38. The van der Waals surface area contributed by atoms with Crippen LogP contribution in [-0.4, -0.2) is 6.04 Å². The molecule has 84 valence electrons. The van der Waals surface area contributed by atoms with Crippen molar-refractivity contribution < 1.29 is 0 Å². The van der Waals surface area contributed by atoms with Crippen molar-refractivity contribution in [2.75, 3.05) is 0 Å². The van der Waals surface area contributed by atoms with Crippen LogP contribution in [0.4, 0.5) is 0 Å². The standard InChI is InChI=1S/C14H18N2/c1-10-6-5-9-12(13(10)15)14(16)11-7-3-2-4-8-11/h2-5,7-10,13H,6,15-16H2,1H3/b14-12-/t10-,13?/m0/s1. The Balaban J connectivity index is 2.41. The summed E-state index contributed by atoms with van der Waals surface area (Å²) in [5, 5.41) is 0. The fraction of sp³-hybridized carbons (Fsp3) is 0.286. The number of benzene rings is 1. The number of hydrogen-bond donors (Lipinski definition) is 2. The van der Waals surface area contributed by atoms with Crippen LogP contribution in [0.3, 0.4) is 0 Å². The van der Waals surface area contributed by atoms with Crippen LogP contribution < -0.4 is 11.5 Å². The van der Waals surface area contributed by atoms with E-state index in [-0.39, 0.29) is 6.04 Å². The van der Waals surface area contributed by atoms with Crippen molar-refractivity contribution in [3.8, 4) is 0 Å². The lowest BCUT2D eigenvalue weighted by Crippen LogP contribution is -2.33. The summed E-state index contributed by atoms with van der Waals surface area (Å²) in [6.45, 7) is 2.16. The molecular formula is C14H18N2. The van der Waals surface area contributed by atoms with Crippen LogP contribution >= 0.6 is 0 Å². The van der Waals surface area contributed by atoms with Gasteiger partial charge in [-0.05, 0) is 23.5 Å². The normalized spacial score (nSPS) is 27.9. The molecule has 0 spiro atoms. The van der Waals surface area contributed by atoms with E-state index in [2.05, 4.69) is 19.1 Å². The van der Waals surface area contributed by atoms with Crippen LogP contribution in [0.25, 0.3) is 5.70 Å². The molecule has 0 fully saturated rings. The van der Waals surface area contributed by atoms with Crippen molar-refractivity contribution in [1.82, 2.24) is 0 Å². The van der Waals surface area contributed by atoms with Gasteiger partial charge in [0.2, 0.25) is 0 Å².